The van der Waals surface area contributed by atoms with Gasteiger partial charge in [0.25, 0.3) is 0 Å². The van der Waals surface area contributed by atoms with Gasteiger partial charge in [0.05, 0.1) is 0 Å². The average molecular weight is 276 g/mol. The van der Waals surface area contributed by atoms with Gasteiger partial charge in [-0.1, -0.05) is 38.8 Å². The summed E-state index contributed by atoms with van der Waals surface area (Å²) in [6.07, 6.45) is 1.90. The number of nitrogens with one attached hydrogen (secondary N) is 1. The highest BCUT2D eigenvalue weighted by atomic mass is 35.5. The summed E-state index contributed by atoms with van der Waals surface area (Å²) < 4.78 is 26.4. The van der Waals surface area contributed by atoms with Crippen LogP contribution in [0.4, 0.5) is 8.78 Å². The predicted molar refractivity (Wildman–Crippen MR) is 71.9 cm³/mol. The minimum absolute atomic E-state index is 0.0347. The van der Waals surface area contributed by atoms with Crippen molar-refractivity contribution in [1.82, 2.24) is 5.32 Å². The van der Waals surface area contributed by atoms with E-state index in [9.17, 15) is 8.78 Å². The topological polar surface area (TPSA) is 12.0 Å². The normalized spacial score (nSPS) is 14.6. The largest absolute Gasteiger partial charge is 0.310 e. The Kier molecular flexibility index (Phi) is 6.03. The lowest BCUT2D eigenvalue weighted by atomic mass is 9.94. The zero-order valence-electron chi connectivity index (χ0n) is 11.1. The van der Waals surface area contributed by atoms with Crippen molar-refractivity contribution >= 4 is 11.6 Å². The molecule has 1 aromatic rings. The standard InChI is InChI=1S/C14H20ClF2N/c1-4-9(3)6-14(18-5-2)10-7-12(16)13(17)8-11(10)15/h7-9,14,18H,4-6H2,1-3H3. The Labute approximate surface area is 113 Å². The van der Waals surface area contributed by atoms with Gasteiger partial charge in [0.2, 0.25) is 0 Å². The molecule has 0 saturated heterocycles. The summed E-state index contributed by atoms with van der Waals surface area (Å²) >= 11 is 6.01. The van der Waals surface area contributed by atoms with Crippen molar-refractivity contribution in [1.29, 1.82) is 0 Å². The molecule has 0 aliphatic heterocycles. The van der Waals surface area contributed by atoms with E-state index in [4.69, 9.17) is 11.6 Å². The molecule has 1 N–H and O–H groups in total. The molecule has 1 rings (SSSR count). The van der Waals surface area contributed by atoms with E-state index in [1.54, 1.807) is 0 Å². The third-order valence-electron chi connectivity index (χ3n) is 3.20. The molecule has 1 aromatic carbocycles. The summed E-state index contributed by atoms with van der Waals surface area (Å²) in [5.41, 5.74) is 0.637. The van der Waals surface area contributed by atoms with E-state index in [-0.39, 0.29) is 11.1 Å². The van der Waals surface area contributed by atoms with Gasteiger partial charge in [-0.3, -0.25) is 0 Å². The molecule has 1 nitrogen and oxygen atoms in total. The third kappa shape index (κ3) is 3.92. The highest BCUT2D eigenvalue weighted by molar-refractivity contribution is 6.31. The number of hydrogen-bond acceptors (Lipinski definition) is 1. The molecule has 0 radical (unpaired) electrons. The van der Waals surface area contributed by atoms with Gasteiger partial charge < -0.3 is 5.32 Å². The van der Waals surface area contributed by atoms with Crippen LogP contribution in [0.5, 0.6) is 0 Å². The molecule has 2 unspecified atom stereocenters. The van der Waals surface area contributed by atoms with Crippen LogP contribution in [0, 0.1) is 17.6 Å². The van der Waals surface area contributed by atoms with E-state index in [2.05, 4.69) is 19.2 Å². The first-order valence-corrected chi connectivity index (χ1v) is 6.75. The van der Waals surface area contributed by atoms with Crippen LogP contribution in [0.25, 0.3) is 0 Å². The minimum Gasteiger partial charge on any atom is -0.310 e. The number of halogens is 3. The van der Waals surface area contributed by atoms with E-state index in [1.165, 1.54) is 6.07 Å². The summed E-state index contributed by atoms with van der Waals surface area (Å²) in [6.45, 7) is 6.99. The maximum Gasteiger partial charge on any atom is 0.160 e. The van der Waals surface area contributed by atoms with Gasteiger partial charge in [-0.2, -0.15) is 0 Å². The fraction of sp³-hybridized carbons (Fsp3) is 0.571. The zero-order valence-corrected chi connectivity index (χ0v) is 11.8. The second-order valence-corrected chi connectivity index (χ2v) is 5.05. The maximum atomic E-state index is 13.3. The van der Waals surface area contributed by atoms with E-state index in [1.807, 2.05) is 6.92 Å². The maximum absolute atomic E-state index is 13.3. The minimum atomic E-state index is -0.900. The second kappa shape index (κ2) is 7.05. The Hall–Kier alpha value is -0.670. The van der Waals surface area contributed by atoms with Crippen molar-refractivity contribution in [3.05, 3.63) is 34.4 Å². The summed E-state index contributed by atoms with van der Waals surface area (Å²) in [5, 5.41) is 3.56. The van der Waals surface area contributed by atoms with Crippen molar-refractivity contribution in [3.63, 3.8) is 0 Å². The summed E-state index contributed by atoms with van der Waals surface area (Å²) in [4.78, 5) is 0. The molecule has 0 spiro atoms. The smallest absolute Gasteiger partial charge is 0.160 e. The first-order chi connectivity index (χ1) is 8.49. The fourth-order valence-electron chi connectivity index (χ4n) is 1.94. The number of benzene rings is 1. The van der Waals surface area contributed by atoms with Crippen LogP contribution in [-0.4, -0.2) is 6.54 Å². The monoisotopic (exact) mass is 275 g/mol. The Balaban J connectivity index is 3.01. The first kappa shape index (κ1) is 15.4. The van der Waals surface area contributed by atoms with Gasteiger partial charge in [-0.15, -0.1) is 0 Å². The van der Waals surface area contributed by atoms with Gasteiger partial charge in [0, 0.05) is 11.1 Å². The van der Waals surface area contributed by atoms with Crippen LogP contribution >= 0.6 is 11.6 Å². The van der Waals surface area contributed by atoms with Gasteiger partial charge in [0.1, 0.15) is 0 Å². The molecular weight excluding hydrogens is 256 g/mol. The first-order valence-electron chi connectivity index (χ1n) is 6.37. The Morgan fingerprint density at radius 2 is 1.83 bits per heavy atom. The molecule has 0 saturated carbocycles. The average Bonchev–Trinajstić information content (AvgIpc) is 2.33. The highest BCUT2D eigenvalue weighted by Gasteiger charge is 2.18. The number of rotatable bonds is 6. The Morgan fingerprint density at radius 3 is 2.39 bits per heavy atom. The summed E-state index contributed by atoms with van der Waals surface area (Å²) in [7, 11) is 0. The predicted octanol–water partition coefficient (Wildman–Crippen LogP) is 4.71. The third-order valence-corrected chi connectivity index (χ3v) is 3.53. The fourth-order valence-corrected chi connectivity index (χ4v) is 2.22. The van der Waals surface area contributed by atoms with Crippen molar-refractivity contribution in [2.75, 3.05) is 6.54 Å². The lowest BCUT2D eigenvalue weighted by Crippen LogP contribution is -2.23. The van der Waals surface area contributed by atoms with E-state index in [0.717, 1.165) is 25.5 Å². The lowest BCUT2D eigenvalue weighted by Gasteiger charge is -2.22. The van der Waals surface area contributed by atoms with Crippen LogP contribution in [0.2, 0.25) is 5.02 Å². The van der Waals surface area contributed by atoms with Gasteiger partial charge >= 0.3 is 0 Å². The van der Waals surface area contributed by atoms with Crippen LogP contribution in [0.15, 0.2) is 12.1 Å². The SMILES string of the molecule is CCNC(CC(C)CC)c1cc(F)c(F)cc1Cl. The van der Waals surface area contributed by atoms with Crippen LogP contribution in [0.1, 0.15) is 45.2 Å². The van der Waals surface area contributed by atoms with Gasteiger partial charge in [-0.25, -0.2) is 8.78 Å². The molecule has 0 amide bonds. The molecule has 2 atom stereocenters. The molecular formula is C14H20ClF2N. The van der Waals surface area contributed by atoms with Crippen molar-refractivity contribution in [2.45, 2.75) is 39.7 Å². The Bertz CT molecular complexity index is 396. The lowest BCUT2D eigenvalue weighted by molar-refractivity contribution is 0.405. The molecule has 0 fully saturated rings. The molecule has 0 aromatic heterocycles. The molecule has 4 heteroatoms. The Morgan fingerprint density at radius 1 is 1.22 bits per heavy atom. The highest BCUT2D eigenvalue weighted by Crippen LogP contribution is 2.30. The van der Waals surface area contributed by atoms with Crippen molar-refractivity contribution in [3.8, 4) is 0 Å². The molecule has 18 heavy (non-hydrogen) atoms. The van der Waals surface area contributed by atoms with Crippen LogP contribution in [-0.2, 0) is 0 Å². The summed E-state index contributed by atoms with van der Waals surface area (Å²) in [5.74, 6) is -1.25. The van der Waals surface area contributed by atoms with Crippen molar-refractivity contribution in [2.24, 2.45) is 5.92 Å². The quantitative estimate of drug-likeness (QED) is 0.742. The van der Waals surface area contributed by atoms with Crippen LogP contribution in [0.3, 0.4) is 0 Å². The van der Waals surface area contributed by atoms with E-state index < -0.39 is 11.6 Å². The van der Waals surface area contributed by atoms with Gasteiger partial charge in [-0.05, 0) is 36.6 Å². The van der Waals surface area contributed by atoms with Gasteiger partial charge in [0.15, 0.2) is 11.6 Å². The molecule has 0 aliphatic carbocycles. The van der Waals surface area contributed by atoms with E-state index in [0.29, 0.717) is 11.5 Å². The number of hydrogen-bond donors (Lipinski definition) is 1. The van der Waals surface area contributed by atoms with Crippen LogP contribution < -0.4 is 5.32 Å². The zero-order chi connectivity index (χ0) is 13.7. The molecule has 0 heterocycles. The van der Waals surface area contributed by atoms with E-state index >= 15 is 0 Å². The molecule has 102 valence electrons. The summed E-state index contributed by atoms with van der Waals surface area (Å²) in [6, 6.07) is 2.22. The molecule has 0 bridgehead atoms. The van der Waals surface area contributed by atoms with Crippen molar-refractivity contribution < 1.29 is 8.78 Å². The molecule has 0 aliphatic rings. The second-order valence-electron chi connectivity index (χ2n) is 4.65.